The summed E-state index contributed by atoms with van der Waals surface area (Å²) in [6, 6.07) is 5.45. The van der Waals surface area contributed by atoms with Gasteiger partial charge in [0.05, 0.1) is 0 Å². The number of carbonyl (C=O) groups is 1. The van der Waals surface area contributed by atoms with E-state index in [2.05, 4.69) is 22.9 Å². The van der Waals surface area contributed by atoms with Crippen LogP contribution in [-0.2, 0) is 0 Å². The maximum absolute atomic E-state index is 12.7. The first kappa shape index (κ1) is 14.1. The molecule has 0 heterocycles. The SMILES string of the molecule is CCC1CCCCC1C(=O)c1cc(Cl)ccc1Br. The molecule has 98 valence electrons. The summed E-state index contributed by atoms with van der Waals surface area (Å²) in [5.74, 6) is 0.978. The van der Waals surface area contributed by atoms with Gasteiger partial charge in [0.1, 0.15) is 0 Å². The molecule has 1 aromatic rings. The second kappa shape index (κ2) is 6.21. The van der Waals surface area contributed by atoms with Crippen molar-refractivity contribution in [1.82, 2.24) is 0 Å². The van der Waals surface area contributed by atoms with Crippen LogP contribution in [0, 0.1) is 11.8 Å². The van der Waals surface area contributed by atoms with Crippen LogP contribution in [0.15, 0.2) is 22.7 Å². The minimum atomic E-state index is 0.179. The van der Waals surface area contributed by atoms with E-state index in [1.807, 2.05) is 6.07 Å². The van der Waals surface area contributed by atoms with E-state index < -0.39 is 0 Å². The number of carbonyl (C=O) groups excluding carboxylic acids is 1. The molecule has 1 aliphatic rings. The molecule has 0 N–H and O–H groups in total. The molecular formula is C15H18BrClO. The van der Waals surface area contributed by atoms with E-state index in [4.69, 9.17) is 11.6 Å². The summed E-state index contributed by atoms with van der Waals surface area (Å²) in [5, 5.41) is 0.630. The van der Waals surface area contributed by atoms with Gasteiger partial charge in [0.2, 0.25) is 0 Å². The summed E-state index contributed by atoms with van der Waals surface area (Å²) in [7, 11) is 0. The number of hydrogen-bond acceptors (Lipinski definition) is 1. The van der Waals surface area contributed by atoms with Crippen molar-refractivity contribution in [3.63, 3.8) is 0 Å². The van der Waals surface area contributed by atoms with Crippen LogP contribution < -0.4 is 0 Å². The van der Waals surface area contributed by atoms with Gasteiger partial charge in [-0.15, -0.1) is 0 Å². The minimum absolute atomic E-state index is 0.179. The smallest absolute Gasteiger partial charge is 0.167 e. The Morgan fingerprint density at radius 1 is 1.39 bits per heavy atom. The van der Waals surface area contributed by atoms with Crippen molar-refractivity contribution in [1.29, 1.82) is 0 Å². The average molecular weight is 330 g/mol. The number of halogens is 2. The topological polar surface area (TPSA) is 17.1 Å². The second-order valence-corrected chi connectivity index (χ2v) is 6.34. The molecule has 3 heteroatoms. The fourth-order valence-corrected chi connectivity index (χ4v) is 3.54. The van der Waals surface area contributed by atoms with Crippen molar-refractivity contribution < 1.29 is 4.79 Å². The molecule has 2 rings (SSSR count). The number of ketones is 1. The minimum Gasteiger partial charge on any atom is -0.294 e. The van der Waals surface area contributed by atoms with E-state index in [0.29, 0.717) is 10.9 Å². The van der Waals surface area contributed by atoms with Crippen molar-refractivity contribution in [2.75, 3.05) is 0 Å². The van der Waals surface area contributed by atoms with Gasteiger partial charge in [-0.3, -0.25) is 4.79 Å². The molecule has 2 atom stereocenters. The molecule has 0 bridgehead atoms. The summed E-state index contributed by atoms with van der Waals surface area (Å²) >= 11 is 9.46. The Morgan fingerprint density at radius 2 is 2.11 bits per heavy atom. The van der Waals surface area contributed by atoms with Gasteiger partial charge in [-0.05, 0) is 37.0 Å². The Morgan fingerprint density at radius 3 is 2.83 bits per heavy atom. The van der Waals surface area contributed by atoms with E-state index >= 15 is 0 Å². The quantitative estimate of drug-likeness (QED) is 0.669. The number of rotatable bonds is 3. The summed E-state index contributed by atoms with van der Waals surface area (Å²) < 4.78 is 0.859. The number of Topliss-reactive ketones (excluding diaryl/α,β-unsaturated/α-hetero) is 1. The molecule has 1 aromatic carbocycles. The highest BCUT2D eigenvalue weighted by atomic mass is 79.9. The van der Waals surface area contributed by atoms with Crippen molar-refractivity contribution in [3.8, 4) is 0 Å². The van der Waals surface area contributed by atoms with E-state index in [0.717, 1.165) is 22.9 Å². The monoisotopic (exact) mass is 328 g/mol. The molecule has 18 heavy (non-hydrogen) atoms. The molecule has 2 unspecified atom stereocenters. The number of benzene rings is 1. The molecule has 0 radical (unpaired) electrons. The van der Waals surface area contributed by atoms with Crippen molar-refractivity contribution in [2.24, 2.45) is 11.8 Å². The first-order valence-electron chi connectivity index (χ1n) is 6.62. The van der Waals surface area contributed by atoms with E-state index in [9.17, 15) is 4.79 Å². The van der Waals surface area contributed by atoms with Gasteiger partial charge >= 0.3 is 0 Å². The molecule has 0 saturated heterocycles. The lowest BCUT2D eigenvalue weighted by atomic mass is 9.74. The molecule has 1 saturated carbocycles. The van der Waals surface area contributed by atoms with Gasteiger partial charge in [0, 0.05) is 21.0 Å². The van der Waals surface area contributed by atoms with Crippen molar-refractivity contribution >= 4 is 33.3 Å². The average Bonchev–Trinajstić information content (AvgIpc) is 2.40. The first-order chi connectivity index (χ1) is 8.63. The van der Waals surface area contributed by atoms with E-state index in [-0.39, 0.29) is 11.7 Å². The Hall–Kier alpha value is -0.340. The largest absolute Gasteiger partial charge is 0.294 e. The molecule has 0 aliphatic heterocycles. The van der Waals surface area contributed by atoms with Crippen LogP contribution in [0.25, 0.3) is 0 Å². The lowest BCUT2D eigenvalue weighted by Gasteiger charge is -2.30. The van der Waals surface area contributed by atoms with Gasteiger partial charge in [0.25, 0.3) is 0 Å². The zero-order valence-electron chi connectivity index (χ0n) is 10.6. The maximum atomic E-state index is 12.7. The van der Waals surface area contributed by atoms with Gasteiger partial charge in [-0.2, -0.15) is 0 Å². The third-order valence-electron chi connectivity index (χ3n) is 3.96. The van der Waals surface area contributed by atoms with Crippen molar-refractivity contribution in [2.45, 2.75) is 39.0 Å². The lowest BCUT2D eigenvalue weighted by Crippen LogP contribution is -2.27. The summed E-state index contributed by atoms with van der Waals surface area (Å²) in [6.45, 7) is 2.18. The van der Waals surface area contributed by atoms with Crippen LogP contribution in [0.4, 0.5) is 0 Å². The second-order valence-electron chi connectivity index (χ2n) is 5.05. The van der Waals surface area contributed by atoms with Crippen LogP contribution in [0.1, 0.15) is 49.4 Å². The summed E-state index contributed by atoms with van der Waals surface area (Å²) in [4.78, 5) is 12.7. The maximum Gasteiger partial charge on any atom is 0.167 e. The van der Waals surface area contributed by atoms with Gasteiger partial charge in [-0.1, -0.05) is 53.7 Å². The predicted molar refractivity (Wildman–Crippen MR) is 79.2 cm³/mol. The molecule has 1 aliphatic carbocycles. The normalized spacial score (nSPS) is 23.9. The Labute approximate surface area is 122 Å². The Bertz CT molecular complexity index is 444. The first-order valence-corrected chi connectivity index (χ1v) is 7.79. The third kappa shape index (κ3) is 2.97. The predicted octanol–water partition coefficient (Wildman–Crippen LogP) is 5.50. The standard InChI is InChI=1S/C15H18BrClO/c1-2-10-5-3-4-6-12(10)15(18)13-9-11(17)7-8-14(13)16/h7-10,12H,2-6H2,1H3. The lowest BCUT2D eigenvalue weighted by molar-refractivity contribution is 0.0819. The van der Waals surface area contributed by atoms with Crippen molar-refractivity contribution in [3.05, 3.63) is 33.3 Å². The third-order valence-corrected chi connectivity index (χ3v) is 4.89. The summed E-state index contributed by atoms with van der Waals surface area (Å²) in [6.07, 6.45) is 5.74. The Balaban J connectivity index is 2.26. The zero-order valence-corrected chi connectivity index (χ0v) is 12.9. The van der Waals surface area contributed by atoms with Crippen LogP contribution in [0.3, 0.4) is 0 Å². The molecule has 0 amide bonds. The van der Waals surface area contributed by atoms with E-state index in [1.165, 1.54) is 19.3 Å². The Kier molecular flexibility index (Phi) is 4.85. The number of hydrogen-bond donors (Lipinski definition) is 0. The molecule has 0 spiro atoms. The van der Waals surface area contributed by atoms with Gasteiger partial charge < -0.3 is 0 Å². The fraction of sp³-hybridized carbons (Fsp3) is 0.533. The molecule has 1 fully saturated rings. The summed E-state index contributed by atoms with van der Waals surface area (Å²) in [5.41, 5.74) is 0.743. The van der Waals surface area contributed by atoms with Crippen LogP contribution in [0.5, 0.6) is 0 Å². The van der Waals surface area contributed by atoms with Gasteiger partial charge in [-0.25, -0.2) is 0 Å². The van der Waals surface area contributed by atoms with Gasteiger partial charge in [0.15, 0.2) is 5.78 Å². The zero-order chi connectivity index (χ0) is 13.1. The molecular weight excluding hydrogens is 312 g/mol. The van der Waals surface area contributed by atoms with Crippen LogP contribution >= 0.6 is 27.5 Å². The molecule has 0 aromatic heterocycles. The highest BCUT2D eigenvalue weighted by molar-refractivity contribution is 9.10. The van der Waals surface area contributed by atoms with E-state index in [1.54, 1.807) is 12.1 Å². The van der Waals surface area contributed by atoms with Crippen LogP contribution in [-0.4, -0.2) is 5.78 Å². The van der Waals surface area contributed by atoms with Crippen LogP contribution in [0.2, 0.25) is 5.02 Å². The molecule has 1 nitrogen and oxygen atoms in total. The fourth-order valence-electron chi connectivity index (χ4n) is 2.93. The highest BCUT2D eigenvalue weighted by Gasteiger charge is 2.31. The highest BCUT2D eigenvalue weighted by Crippen LogP contribution is 2.36.